The van der Waals surface area contributed by atoms with Crippen LogP contribution in [0.2, 0.25) is 5.02 Å². The first-order chi connectivity index (χ1) is 9.92. The predicted molar refractivity (Wildman–Crippen MR) is 82.0 cm³/mol. The normalized spacial score (nSPS) is 13.5. The molecule has 0 unspecified atom stereocenters. The summed E-state index contributed by atoms with van der Waals surface area (Å²) in [6, 6.07) is 9.98. The molecule has 0 heterocycles. The number of halogens is 1. The molecule has 2 aromatic rings. The second-order valence-electron chi connectivity index (χ2n) is 4.63. The number of benzene rings is 2. The van der Waals surface area contributed by atoms with Crippen LogP contribution in [0.5, 0.6) is 0 Å². The Kier molecular flexibility index (Phi) is 5.18. The average molecular weight is 330 g/mol. The first-order valence-corrected chi connectivity index (χ1v) is 8.33. The van der Waals surface area contributed by atoms with Crippen molar-refractivity contribution in [1.29, 1.82) is 0 Å². The second kappa shape index (κ2) is 6.72. The van der Waals surface area contributed by atoms with Crippen LogP contribution in [0.15, 0.2) is 41.3 Å². The van der Waals surface area contributed by atoms with Gasteiger partial charge in [0.1, 0.15) is 0 Å². The van der Waals surface area contributed by atoms with E-state index in [1.807, 2.05) is 0 Å². The molecular formula is C14H16ClNO4S. The molecule has 0 bridgehead atoms. The van der Waals surface area contributed by atoms with Gasteiger partial charge in [0.2, 0.25) is 0 Å². The first kappa shape index (κ1) is 16.2. The zero-order chi connectivity index (χ0) is 15.5. The van der Waals surface area contributed by atoms with Crippen LogP contribution in [0.1, 0.15) is 0 Å². The lowest BCUT2D eigenvalue weighted by Crippen LogP contribution is -2.27. The largest absolute Gasteiger partial charge is 0.390 e. The topological polar surface area (TPSA) is 89.6 Å². The highest BCUT2D eigenvalue weighted by Gasteiger charge is 2.20. The Morgan fingerprint density at radius 1 is 1.19 bits per heavy atom. The van der Waals surface area contributed by atoms with Crippen LogP contribution in [0.4, 0.5) is 0 Å². The standard InChI is InChI=1S/C14H16ClNO4S/c15-12-3-1-11-6-14(4-2-10(11)5-12)21(18,19)8-13(17)7-20-9-16/h1-6,13,17H,7-9,16H2/t13-/m0/s1. The molecule has 0 aliphatic rings. The molecule has 0 aliphatic heterocycles. The maximum atomic E-state index is 12.2. The smallest absolute Gasteiger partial charge is 0.181 e. The van der Waals surface area contributed by atoms with Gasteiger partial charge in [-0.1, -0.05) is 23.7 Å². The van der Waals surface area contributed by atoms with Crippen molar-refractivity contribution in [3.63, 3.8) is 0 Å². The lowest BCUT2D eigenvalue weighted by atomic mass is 10.1. The van der Waals surface area contributed by atoms with Gasteiger partial charge in [-0.05, 0) is 35.0 Å². The van der Waals surface area contributed by atoms with Gasteiger partial charge >= 0.3 is 0 Å². The summed E-state index contributed by atoms with van der Waals surface area (Å²) in [4.78, 5) is 0.157. The predicted octanol–water partition coefficient (Wildman–Crippen LogP) is 1.56. The van der Waals surface area contributed by atoms with E-state index in [4.69, 9.17) is 22.1 Å². The number of aliphatic hydroxyl groups is 1. The van der Waals surface area contributed by atoms with Crippen LogP contribution in [0, 0.1) is 0 Å². The number of aliphatic hydroxyl groups excluding tert-OH is 1. The van der Waals surface area contributed by atoms with Gasteiger partial charge < -0.3 is 15.6 Å². The Hall–Kier alpha value is -1.18. The molecule has 7 heteroatoms. The summed E-state index contributed by atoms with van der Waals surface area (Å²) >= 11 is 5.89. The number of rotatable bonds is 6. The number of sulfone groups is 1. The number of hydrogen-bond acceptors (Lipinski definition) is 5. The van der Waals surface area contributed by atoms with E-state index in [0.717, 1.165) is 10.8 Å². The molecule has 2 rings (SSSR count). The lowest BCUT2D eigenvalue weighted by Gasteiger charge is -2.11. The summed E-state index contributed by atoms with van der Waals surface area (Å²) in [5.41, 5.74) is 5.13. The summed E-state index contributed by atoms with van der Waals surface area (Å²) in [5.74, 6) is -0.411. The maximum Gasteiger partial charge on any atom is 0.181 e. The maximum absolute atomic E-state index is 12.2. The molecule has 0 amide bonds. The molecule has 0 spiro atoms. The van der Waals surface area contributed by atoms with E-state index in [-0.39, 0.29) is 18.2 Å². The van der Waals surface area contributed by atoms with Gasteiger partial charge in [0.05, 0.1) is 30.1 Å². The minimum atomic E-state index is -3.60. The highest BCUT2D eigenvalue weighted by molar-refractivity contribution is 7.91. The van der Waals surface area contributed by atoms with Crippen LogP contribution >= 0.6 is 11.6 Å². The highest BCUT2D eigenvalue weighted by atomic mass is 35.5. The molecule has 3 N–H and O–H groups in total. The molecule has 2 aromatic carbocycles. The number of ether oxygens (including phenoxy) is 1. The third-order valence-corrected chi connectivity index (χ3v) is 5.00. The van der Waals surface area contributed by atoms with E-state index >= 15 is 0 Å². The zero-order valence-corrected chi connectivity index (χ0v) is 12.8. The van der Waals surface area contributed by atoms with E-state index in [9.17, 15) is 13.5 Å². The third kappa shape index (κ3) is 4.15. The van der Waals surface area contributed by atoms with Gasteiger partial charge in [0, 0.05) is 5.02 Å². The zero-order valence-electron chi connectivity index (χ0n) is 11.2. The van der Waals surface area contributed by atoms with Gasteiger partial charge in [-0.15, -0.1) is 0 Å². The van der Waals surface area contributed by atoms with Crippen molar-refractivity contribution < 1.29 is 18.3 Å². The van der Waals surface area contributed by atoms with Gasteiger partial charge in [-0.2, -0.15) is 0 Å². The number of fused-ring (bicyclic) bond motifs is 1. The van der Waals surface area contributed by atoms with E-state index in [2.05, 4.69) is 0 Å². The molecule has 0 fully saturated rings. The fourth-order valence-electron chi connectivity index (χ4n) is 1.99. The van der Waals surface area contributed by atoms with E-state index in [1.165, 1.54) is 6.07 Å². The van der Waals surface area contributed by atoms with Crippen molar-refractivity contribution in [2.75, 3.05) is 19.1 Å². The molecule has 5 nitrogen and oxygen atoms in total. The van der Waals surface area contributed by atoms with Crippen LogP contribution in [0.25, 0.3) is 10.8 Å². The average Bonchev–Trinajstić information content (AvgIpc) is 2.44. The Labute approximate surface area is 128 Å². The first-order valence-electron chi connectivity index (χ1n) is 6.30. The van der Waals surface area contributed by atoms with Gasteiger partial charge in [0.15, 0.2) is 9.84 Å². The van der Waals surface area contributed by atoms with E-state index in [1.54, 1.807) is 30.3 Å². The highest BCUT2D eigenvalue weighted by Crippen LogP contribution is 2.23. The Balaban J connectivity index is 2.25. The monoisotopic (exact) mass is 329 g/mol. The Bertz CT molecular complexity index is 733. The molecule has 21 heavy (non-hydrogen) atoms. The molecule has 0 saturated carbocycles. The Morgan fingerprint density at radius 2 is 1.86 bits per heavy atom. The minimum Gasteiger partial charge on any atom is -0.390 e. The molecule has 1 atom stereocenters. The minimum absolute atomic E-state index is 0.0617. The summed E-state index contributed by atoms with van der Waals surface area (Å²) in [6.45, 7) is -0.174. The fraction of sp³-hybridized carbons (Fsp3) is 0.286. The van der Waals surface area contributed by atoms with Crippen molar-refractivity contribution >= 4 is 32.2 Å². The van der Waals surface area contributed by atoms with E-state index in [0.29, 0.717) is 5.02 Å². The molecule has 0 aromatic heterocycles. The summed E-state index contributed by atoms with van der Waals surface area (Å²) in [5, 5.41) is 11.9. The SMILES string of the molecule is NCOC[C@H](O)CS(=O)(=O)c1ccc2cc(Cl)ccc2c1. The van der Waals surface area contributed by atoms with Crippen molar-refractivity contribution in [2.24, 2.45) is 5.73 Å². The van der Waals surface area contributed by atoms with Gasteiger partial charge in [0.25, 0.3) is 0 Å². The molecule has 0 radical (unpaired) electrons. The molecular weight excluding hydrogens is 314 g/mol. The van der Waals surface area contributed by atoms with Crippen molar-refractivity contribution in [2.45, 2.75) is 11.0 Å². The Morgan fingerprint density at radius 3 is 2.57 bits per heavy atom. The van der Waals surface area contributed by atoms with Gasteiger partial charge in [-0.3, -0.25) is 0 Å². The van der Waals surface area contributed by atoms with E-state index < -0.39 is 21.7 Å². The van der Waals surface area contributed by atoms with Crippen molar-refractivity contribution in [1.82, 2.24) is 0 Å². The van der Waals surface area contributed by atoms with Crippen LogP contribution < -0.4 is 5.73 Å². The molecule has 0 aliphatic carbocycles. The third-order valence-electron chi connectivity index (χ3n) is 2.97. The van der Waals surface area contributed by atoms with Crippen LogP contribution in [-0.4, -0.2) is 38.7 Å². The van der Waals surface area contributed by atoms with Crippen molar-refractivity contribution in [3.05, 3.63) is 41.4 Å². The van der Waals surface area contributed by atoms with Crippen molar-refractivity contribution in [3.8, 4) is 0 Å². The second-order valence-corrected chi connectivity index (χ2v) is 7.10. The number of hydrogen-bond donors (Lipinski definition) is 2. The summed E-state index contributed by atoms with van der Waals surface area (Å²) in [7, 11) is -3.60. The number of nitrogens with two attached hydrogens (primary N) is 1. The van der Waals surface area contributed by atoms with Crippen LogP contribution in [-0.2, 0) is 14.6 Å². The molecule has 114 valence electrons. The summed E-state index contributed by atoms with van der Waals surface area (Å²) < 4.78 is 29.3. The lowest BCUT2D eigenvalue weighted by molar-refractivity contribution is 0.0509. The van der Waals surface area contributed by atoms with Crippen LogP contribution in [0.3, 0.4) is 0 Å². The molecule has 0 saturated heterocycles. The fourth-order valence-corrected chi connectivity index (χ4v) is 3.55. The quantitative estimate of drug-likeness (QED) is 0.785. The van der Waals surface area contributed by atoms with Gasteiger partial charge in [-0.25, -0.2) is 8.42 Å². The summed E-state index contributed by atoms with van der Waals surface area (Å²) in [6.07, 6.45) is -1.11.